The zero-order valence-corrected chi connectivity index (χ0v) is 19.3. The van der Waals surface area contributed by atoms with Gasteiger partial charge >= 0.3 is 6.18 Å². The lowest BCUT2D eigenvalue weighted by atomic mass is 10.1. The predicted octanol–water partition coefficient (Wildman–Crippen LogP) is 4.49. The van der Waals surface area contributed by atoms with E-state index in [-0.39, 0.29) is 24.6 Å². The van der Waals surface area contributed by atoms with E-state index in [0.717, 1.165) is 23.6 Å². The molecule has 1 heterocycles. The van der Waals surface area contributed by atoms with Gasteiger partial charge in [0, 0.05) is 25.2 Å². The first-order valence-corrected chi connectivity index (χ1v) is 11.2. The first-order valence-electron chi connectivity index (χ1n) is 10.1. The van der Waals surface area contributed by atoms with E-state index in [0.29, 0.717) is 12.1 Å². The van der Waals surface area contributed by atoms with Gasteiger partial charge in [-0.2, -0.15) is 13.2 Å². The maximum Gasteiger partial charge on any atom is 0.433 e. The molecule has 7 nitrogen and oxygen atoms in total. The quantitative estimate of drug-likeness (QED) is 0.294. The number of amides is 1. The number of carbonyl (C=O) groups is 1. The van der Waals surface area contributed by atoms with Crippen LogP contribution in [0, 0.1) is 6.92 Å². The van der Waals surface area contributed by atoms with E-state index < -0.39 is 29.0 Å². The predicted molar refractivity (Wildman–Crippen MR) is 121 cm³/mol. The third kappa shape index (κ3) is 7.86. The molecule has 2 aromatic rings. The average Bonchev–Trinajstić information content (AvgIpc) is 2.75. The standard InChI is InChI=1S/C22H26F3N3O4S/c1-4-5-12-32-21-17(7-10-19(27-21)22(23,24)25)8-11-20(29)26-14-16-6-9-18(15(2)13-16)28(3)33(30)31/h6-11,13H,4-5,12,14H2,1-3H3,(H,26,29)(H,30,31). The number of nitrogens with one attached hydrogen (secondary N) is 1. The molecule has 33 heavy (non-hydrogen) atoms. The van der Waals surface area contributed by atoms with Crippen LogP contribution in [0.25, 0.3) is 6.08 Å². The fourth-order valence-corrected chi connectivity index (χ4v) is 3.22. The van der Waals surface area contributed by atoms with Crippen LogP contribution in [-0.2, 0) is 28.8 Å². The number of rotatable bonds is 10. The van der Waals surface area contributed by atoms with Crippen LogP contribution in [0.15, 0.2) is 36.4 Å². The van der Waals surface area contributed by atoms with Gasteiger partial charge in [0.15, 0.2) is 0 Å². The van der Waals surface area contributed by atoms with Gasteiger partial charge in [-0.3, -0.25) is 13.7 Å². The molecule has 11 heteroatoms. The molecule has 0 aliphatic heterocycles. The Hall–Kier alpha value is -2.92. The second-order valence-electron chi connectivity index (χ2n) is 7.19. The van der Waals surface area contributed by atoms with Crippen LogP contribution >= 0.6 is 0 Å². The summed E-state index contributed by atoms with van der Waals surface area (Å²) in [6.07, 6.45) is -0.591. The molecule has 0 fully saturated rings. The lowest BCUT2D eigenvalue weighted by Crippen LogP contribution is -2.22. The molecule has 2 N–H and O–H groups in total. The molecule has 1 aromatic heterocycles. The zero-order chi connectivity index (χ0) is 24.6. The Bertz CT molecular complexity index is 1030. The van der Waals surface area contributed by atoms with Crippen molar-refractivity contribution in [3.8, 4) is 5.88 Å². The molecular formula is C22H26F3N3O4S. The van der Waals surface area contributed by atoms with Gasteiger partial charge in [-0.05, 0) is 48.7 Å². The van der Waals surface area contributed by atoms with Crippen molar-refractivity contribution in [2.75, 3.05) is 18.0 Å². The van der Waals surface area contributed by atoms with Crippen LogP contribution in [-0.4, -0.2) is 33.3 Å². The fourth-order valence-electron chi connectivity index (χ4n) is 2.84. The minimum Gasteiger partial charge on any atom is -0.477 e. The van der Waals surface area contributed by atoms with Crippen molar-refractivity contribution in [2.24, 2.45) is 0 Å². The van der Waals surface area contributed by atoms with E-state index in [9.17, 15) is 26.7 Å². The molecule has 0 saturated carbocycles. The Kier molecular flexibility index (Phi) is 9.42. The maximum atomic E-state index is 13.0. The van der Waals surface area contributed by atoms with Crippen molar-refractivity contribution >= 4 is 28.9 Å². The van der Waals surface area contributed by atoms with E-state index >= 15 is 0 Å². The van der Waals surface area contributed by atoms with Gasteiger partial charge in [0.1, 0.15) is 5.69 Å². The largest absolute Gasteiger partial charge is 0.477 e. The van der Waals surface area contributed by atoms with Gasteiger partial charge in [-0.1, -0.05) is 25.5 Å². The van der Waals surface area contributed by atoms with E-state index in [1.165, 1.54) is 29.6 Å². The highest BCUT2D eigenvalue weighted by Gasteiger charge is 2.33. The molecule has 1 amide bonds. The minimum atomic E-state index is -4.60. The Morgan fingerprint density at radius 3 is 2.64 bits per heavy atom. The number of alkyl halides is 3. The van der Waals surface area contributed by atoms with Crippen molar-refractivity contribution in [1.29, 1.82) is 0 Å². The third-order valence-electron chi connectivity index (χ3n) is 4.63. The summed E-state index contributed by atoms with van der Waals surface area (Å²) in [6, 6.07) is 7.22. The number of hydrogen-bond acceptors (Lipinski definition) is 4. The number of ether oxygens (including phenoxy) is 1. The van der Waals surface area contributed by atoms with Crippen molar-refractivity contribution in [3.05, 3.63) is 58.8 Å². The lowest BCUT2D eigenvalue weighted by Gasteiger charge is -2.17. The molecule has 0 spiro atoms. The fraction of sp³-hybridized carbons (Fsp3) is 0.364. The summed E-state index contributed by atoms with van der Waals surface area (Å²) in [5, 5.41) is 2.69. The first-order chi connectivity index (χ1) is 15.5. The SMILES string of the molecule is CCCCOc1nc(C(F)(F)F)ccc1C=CC(=O)NCc1ccc(N(C)S(=O)O)c(C)c1. The van der Waals surface area contributed by atoms with Crippen LogP contribution in [0.5, 0.6) is 5.88 Å². The molecule has 1 atom stereocenters. The number of hydrogen-bond donors (Lipinski definition) is 2. The molecule has 0 saturated heterocycles. The average molecular weight is 486 g/mol. The van der Waals surface area contributed by atoms with E-state index in [1.54, 1.807) is 25.1 Å². The summed E-state index contributed by atoms with van der Waals surface area (Å²) in [7, 11) is 1.49. The number of aromatic nitrogens is 1. The Morgan fingerprint density at radius 1 is 1.30 bits per heavy atom. The summed E-state index contributed by atoms with van der Waals surface area (Å²) < 4.78 is 65.9. The van der Waals surface area contributed by atoms with Gasteiger partial charge in [0.2, 0.25) is 11.8 Å². The van der Waals surface area contributed by atoms with Crippen LogP contribution in [0.1, 0.15) is 42.1 Å². The Labute approximate surface area is 193 Å². The smallest absolute Gasteiger partial charge is 0.433 e. The van der Waals surface area contributed by atoms with Crippen LogP contribution in [0.4, 0.5) is 18.9 Å². The number of pyridine rings is 1. The summed E-state index contributed by atoms with van der Waals surface area (Å²) in [4.78, 5) is 15.8. The monoisotopic (exact) mass is 485 g/mol. The topological polar surface area (TPSA) is 91.8 Å². The summed E-state index contributed by atoms with van der Waals surface area (Å²) >= 11 is -2.15. The molecule has 180 valence electrons. The number of carbonyl (C=O) groups excluding carboxylic acids is 1. The molecule has 2 rings (SSSR count). The third-order valence-corrected chi connectivity index (χ3v) is 5.30. The normalized spacial score (nSPS) is 12.6. The van der Waals surface area contributed by atoms with Gasteiger partial charge in [-0.25, -0.2) is 9.19 Å². The van der Waals surface area contributed by atoms with Crippen molar-refractivity contribution < 1.29 is 31.5 Å². The molecule has 0 radical (unpaired) electrons. The highest BCUT2D eigenvalue weighted by Crippen LogP contribution is 2.30. The number of halogens is 3. The molecule has 1 aromatic carbocycles. The van der Waals surface area contributed by atoms with Gasteiger partial charge in [0.05, 0.1) is 12.3 Å². The van der Waals surface area contributed by atoms with E-state index in [4.69, 9.17) is 4.74 Å². The van der Waals surface area contributed by atoms with Gasteiger partial charge in [-0.15, -0.1) is 0 Å². The number of benzene rings is 1. The highest BCUT2D eigenvalue weighted by atomic mass is 32.2. The Morgan fingerprint density at radius 2 is 2.03 bits per heavy atom. The Balaban J connectivity index is 2.07. The zero-order valence-electron chi connectivity index (χ0n) is 18.5. The molecule has 0 bridgehead atoms. The molecule has 0 aliphatic carbocycles. The minimum absolute atomic E-state index is 0.182. The van der Waals surface area contributed by atoms with Crippen molar-refractivity contribution in [3.63, 3.8) is 0 Å². The number of unbranched alkanes of at least 4 members (excludes halogenated alkanes) is 1. The molecule has 0 aliphatic rings. The van der Waals surface area contributed by atoms with Gasteiger partial charge < -0.3 is 10.1 Å². The summed E-state index contributed by atoms with van der Waals surface area (Å²) in [5.74, 6) is -0.636. The summed E-state index contributed by atoms with van der Waals surface area (Å²) in [6.45, 7) is 4.12. The number of nitrogens with zero attached hydrogens (tertiary/aromatic N) is 2. The summed E-state index contributed by atoms with van der Waals surface area (Å²) in [5.41, 5.74) is 1.30. The van der Waals surface area contributed by atoms with Gasteiger partial charge in [0.25, 0.3) is 11.3 Å². The number of aryl methyl sites for hydroxylation is 1. The van der Waals surface area contributed by atoms with Crippen molar-refractivity contribution in [2.45, 2.75) is 39.4 Å². The van der Waals surface area contributed by atoms with Crippen molar-refractivity contribution in [1.82, 2.24) is 10.3 Å². The molecular weight excluding hydrogens is 459 g/mol. The van der Waals surface area contributed by atoms with Crippen LogP contribution in [0.3, 0.4) is 0 Å². The van der Waals surface area contributed by atoms with Crippen LogP contribution in [0.2, 0.25) is 0 Å². The molecule has 1 unspecified atom stereocenters. The second-order valence-corrected chi connectivity index (χ2v) is 8.20. The first kappa shape index (κ1) is 26.3. The van der Waals surface area contributed by atoms with E-state index in [1.807, 2.05) is 6.92 Å². The van der Waals surface area contributed by atoms with Crippen LogP contribution < -0.4 is 14.4 Å². The highest BCUT2D eigenvalue weighted by molar-refractivity contribution is 7.80. The lowest BCUT2D eigenvalue weighted by molar-refractivity contribution is -0.141. The van der Waals surface area contributed by atoms with E-state index in [2.05, 4.69) is 10.3 Å². The maximum absolute atomic E-state index is 13.0. The number of anilines is 1. The second kappa shape index (κ2) is 11.8.